The Morgan fingerprint density at radius 2 is 1.37 bits per heavy atom. The van der Waals surface area contributed by atoms with Crippen molar-refractivity contribution in [3.8, 4) is 0 Å². The van der Waals surface area contributed by atoms with E-state index in [0.29, 0.717) is 26.0 Å². The van der Waals surface area contributed by atoms with E-state index < -0.39 is 11.4 Å². The molecule has 4 fully saturated rings. The van der Waals surface area contributed by atoms with Crippen molar-refractivity contribution in [1.29, 1.82) is 0 Å². The maximum Gasteiger partial charge on any atom is 0.241 e. The molecule has 4 saturated heterocycles. The van der Waals surface area contributed by atoms with Gasteiger partial charge in [0.05, 0.1) is 13.0 Å². The standard InChI is InChI=1S/C19H33N5O3/c1-20-11-6-18(7-12-20)22(3)16(25)4-10-23(18)24-17(26)5-15-27-19(24)8-13-21(2)14-9-19/h4-15H2,1-3H3. The molecule has 4 aliphatic heterocycles. The predicted octanol–water partition coefficient (Wildman–Crippen LogP) is 0.158. The third-order valence-corrected chi connectivity index (χ3v) is 7.12. The van der Waals surface area contributed by atoms with Gasteiger partial charge < -0.3 is 19.4 Å². The van der Waals surface area contributed by atoms with Crippen molar-refractivity contribution < 1.29 is 14.3 Å². The Bertz CT molecular complexity index is 596. The van der Waals surface area contributed by atoms with Gasteiger partial charge in [0.1, 0.15) is 5.66 Å². The highest BCUT2D eigenvalue weighted by Gasteiger charge is 2.57. The Kier molecular flexibility index (Phi) is 4.95. The highest BCUT2D eigenvalue weighted by Crippen LogP contribution is 2.42. The number of piperidine rings is 2. The maximum atomic E-state index is 13.2. The number of amides is 2. The fraction of sp³-hybridized carbons (Fsp3) is 0.895. The highest BCUT2D eigenvalue weighted by atomic mass is 16.5. The first-order valence-electron chi connectivity index (χ1n) is 10.3. The second-order valence-electron chi connectivity index (χ2n) is 8.67. The Morgan fingerprint density at radius 3 is 2.00 bits per heavy atom. The quantitative estimate of drug-likeness (QED) is 0.647. The van der Waals surface area contributed by atoms with Crippen molar-refractivity contribution in [2.24, 2.45) is 0 Å². The van der Waals surface area contributed by atoms with Crippen LogP contribution in [0.15, 0.2) is 0 Å². The second kappa shape index (κ2) is 6.99. The highest BCUT2D eigenvalue weighted by molar-refractivity contribution is 5.80. The lowest BCUT2D eigenvalue weighted by Crippen LogP contribution is -2.77. The van der Waals surface area contributed by atoms with Gasteiger partial charge in [0.2, 0.25) is 11.8 Å². The van der Waals surface area contributed by atoms with E-state index in [1.165, 1.54) is 0 Å². The van der Waals surface area contributed by atoms with Gasteiger partial charge in [0, 0.05) is 59.0 Å². The van der Waals surface area contributed by atoms with Gasteiger partial charge in [-0.15, -0.1) is 0 Å². The number of hydrogen-bond acceptors (Lipinski definition) is 6. The molecule has 2 spiro atoms. The minimum Gasteiger partial charge on any atom is -0.354 e. The van der Waals surface area contributed by atoms with E-state index in [1.807, 2.05) is 17.0 Å². The zero-order chi connectivity index (χ0) is 19.2. The van der Waals surface area contributed by atoms with E-state index in [2.05, 4.69) is 28.9 Å². The van der Waals surface area contributed by atoms with Gasteiger partial charge >= 0.3 is 0 Å². The molecule has 4 heterocycles. The molecule has 8 heteroatoms. The summed E-state index contributed by atoms with van der Waals surface area (Å²) in [6.07, 6.45) is 4.21. The summed E-state index contributed by atoms with van der Waals surface area (Å²) < 4.78 is 6.33. The molecule has 0 aromatic heterocycles. The zero-order valence-corrected chi connectivity index (χ0v) is 16.9. The van der Waals surface area contributed by atoms with Crippen LogP contribution in [0.5, 0.6) is 0 Å². The van der Waals surface area contributed by atoms with Crippen LogP contribution in [0.4, 0.5) is 0 Å². The number of nitrogens with zero attached hydrogens (tertiary/aromatic N) is 5. The molecule has 2 amide bonds. The van der Waals surface area contributed by atoms with Gasteiger partial charge in [-0.05, 0) is 26.9 Å². The smallest absolute Gasteiger partial charge is 0.241 e. The van der Waals surface area contributed by atoms with Gasteiger partial charge in [0.15, 0.2) is 5.72 Å². The van der Waals surface area contributed by atoms with Crippen molar-refractivity contribution in [2.75, 3.05) is 60.5 Å². The number of rotatable bonds is 1. The number of carbonyl (C=O) groups is 2. The molecule has 4 aliphatic rings. The third-order valence-electron chi connectivity index (χ3n) is 7.12. The lowest BCUT2D eigenvalue weighted by molar-refractivity contribution is -0.307. The maximum absolute atomic E-state index is 13.2. The number of likely N-dealkylation sites (tertiary alicyclic amines) is 2. The largest absolute Gasteiger partial charge is 0.354 e. The van der Waals surface area contributed by atoms with Crippen LogP contribution in [-0.2, 0) is 14.3 Å². The lowest BCUT2D eigenvalue weighted by Gasteiger charge is -2.62. The van der Waals surface area contributed by atoms with E-state index in [1.54, 1.807) is 0 Å². The summed E-state index contributed by atoms with van der Waals surface area (Å²) in [6.45, 7) is 4.78. The third kappa shape index (κ3) is 3.06. The van der Waals surface area contributed by atoms with Crippen molar-refractivity contribution in [3.05, 3.63) is 0 Å². The van der Waals surface area contributed by atoms with Crippen molar-refractivity contribution in [1.82, 2.24) is 24.7 Å². The van der Waals surface area contributed by atoms with E-state index in [4.69, 9.17) is 4.74 Å². The monoisotopic (exact) mass is 379 g/mol. The fourth-order valence-corrected chi connectivity index (χ4v) is 5.24. The Labute approximate surface area is 161 Å². The average molecular weight is 380 g/mol. The zero-order valence-electron chi connectivity index (χ0n) is 16.9. The molecule has 0 N–H and O–H groups in total. The summed E-state index contributed by atoms with van der Waals surface area (Å²) in [4.78, 5) is 32.3. The van der Waals surface area contributed by atoms with Gasteiger partial charge in [0.25, 0.3) is 0 Å². The molecule has 0 saturated carbocycles. The van der Waals surface area contributed by atoms with Gasteiger partial charge in [-0.1, -0.05) is 0 Å². The van der Waals surface area contributed by atoms with Crippen LogP contribution in [0, 0.1) is 0 Å². The van der Waals surface area contributed by atoms with Crippen molar-refractivity contribution >= 4 is 11.8 Å². The summed E-state index contributed by atoms with van der Waals surface area (Å²) in [7, 11) is 6.15. The summed E-state index contributed by atoms with van der Waals surface area (Å²) in [5, 5.41) is 4.19. The van der Waals surface area contributed by atoms with Crippen LogP contribution >= 0.6 is 0 Å². The summed E-state index contributed by atoms with van der Waals surface area (Å²) in [6, 6.07) is 0. The van der Waals surface area contributed by atoms with Gasteiger partial charge in [-0.2, -0.15) is 5.01 Å². The number of hydrogen-bond donors (Lipinski definition) is 0. The molecule has 0 aromatic carbocycles. The molecule has 152 valence electrons. The first-order valence-corrected chi connectivity index (χ1v) is 10.3. The van der Waals surface area contributed by atoms with E-state index in [9.17, 15) is 9.59 Å². The van der Waals surface area contributed by atoms with E-state index in [-0.39, 0.29) is 11.8 Å². The normalized spacial score (nSPS) is 30.5. The number of ether oxygens (including phenoxy) is 1. The van der Waals surface area contributed by atoms with Crippen molar-refractivity contribution in [3.63, 3.8) is 0 Å². The van der Waals surface area contributed by atoms with Gasteiger partial charge in [-0.25, -0.2) is 5.01 Å². The first kappa shape index (κ1) is 19.1. The minimum atomic E-state index is -0.556. The molecular weight excluding hydrogens is 346 g/mol. The topological polar surface area (TPSA) is 59.6 Å². The molecule has 4 rings (SSSR count). The first-order chi connectivity index (χ1) is 12.9. The Hall–Kier alpha value is -1.22. The molecule has 0 unspecified atom stereocenters. The van der Waals surface area contributed by atoms with E-state index >= 15 is 0 Å². The number of hydrazine groups is 1. The lowest BCUT2D eigenvalue weighted by atomic mass is 9.90. The Morgan fingerprint density at radius 1 is 0.778 bits per heavy atom. The molecule has 0 radical (unpaired) electrons. The van der Waals surface area contributed by atoms with Crippen molar-refractivity contribution in [2.45, 2.75) is 49.9 Å². The molecule has 27 heavy (non-hydrogen) atoms. The SMILES string of the molecule is CN1CCC2(CC1)OCCC(=O)N2N1CCC(=O)N(C)C12CCN(C)CC2. The minimum absolute atomic E-state index is 0.145. The Balaban J connectivity index is 1.71. The molecule has 0 aromatic rings. The molecular formula is C19H33N5O3. The molecule has 0 atom stereocenters. The summed E-state index contributed by atoms with van der Waals surface area (Å²) in [5.74, 6) is 0.325. The molecule has 0 aliphatic carbocycles. The van der Waals surface area contributed by atoms with Crippen LogP contribution in [0.2, 0.25) is 0 Å². The summed E-state index contributed by atoms with van der Waals surface area (Å²) >= 11 is 0. The van der Waals surface area contributed by atoms with Crippen LogP contribution in [0.1, 0.15) is 38.5 Å². The number of carbonyl (C=O) groups excluding carboxylic acids is 2. The van der Waals surface area contributed by atoms with E-state index in [0.717, 1.165) is 51.9 Å². The molecule has 0 bridgehead atoms. The average Bonchev–Trinajstić information content (AvgIpc) is 2.66. The second-order valence-corrected chi connectivity index (χ2v) is 8.67. The summed E-state index contributed by atoms with van der Waals surface area (Å²) in [5.41, 5.74) is -0.978. The van der Waals surface area contributed by atoms with Crippen LogP contribution in [-0.4, -0.2) is 108 Å². The van der Waals surface area contributed by atoms with Crippen LogP contribution < -0.4 is 0 Å². The van der Waals surface area contributed by atoms with Crippen LogP contribution in [0.3, 0.4) is 0 Å². The molecule has 8 nitrogen and oxygen atoms in total. The predicted molar refractivity (Wildman–Crippen MR) is 100 cm³/mol. The van der Waals surface area contributed by atoms with Crippen LogP contribution in [0.25, 0.3) is 0 Å². The van der Waals surface area contributed by atoms with Gasteiger partial charge in [-0.3, -0.25) is 9.59 Å². The fourth-order valence-electron chi connectivity index (χ4n) is 5.24.